The third-order valence-corrected chi connectivity index (χ3v) is 8.69. The Balaban J connectivity index is 0.00000343. The normalized spacial score (nSPS) is 16.5. The van der Waals surface area contributed by atoms with Crippen LogP contribution in [0.15, 0.2) is 168 Å². The Hall–Kier alpha value is -4.19. The lowest BCUT2D eigenvalue weighted by Gasteiger charge is -2.27. The number of anilines is 2. The van der Waals surface area contributed by atoms with Crippen molar-refractivity contribution in [3.8, 4) is 5.69 Å². The van der Waals surface area contributed by atoms with Crippen molar-refractivity contribution in [1.29, 1.82) is 0 Å². The van der Waals surface area contributed by atoms with Gasteiger partial charge in [-0.25, -0.2) is 0 Å². The summed E-state index contributed by atoms with van der Waals surface area (Å²) >= 11 is 7.06. The van der Waals surface area contributed by atoms with E-state index in [0.717, 1.165) is 35.7 Å². The molecule has 44 heavy (non-hydrogen) atoms. The fourth-order valence-electron chi connectivity index (χ4n) is 6.01. The molecule has 2 nitrogen and oxygen atoms in total. The molecule has 0 radical (unpaired) electrons. The number of halogens is 2. The van der Waals surface area contributed by atoms with E-state index in [1.807, 2.05) is 12.1 Å². The van der Waals surface area contributed by atoms with Gasteiger partial charge in [-0.2, -0.15) is 4.57 Å². The fourth-order valence-corrected chi connectivity index (χ4v) is 6.33. The Morgan fingerprint density at radius 1 is 0.705 bits per heavy atom. The van der Waals surface area contributed by atoms with Gasteiger partial charge in [0.2, 0.25) is 11.2 Å². The molecule has 1 aliphatic heterocycles. The van der Waals surface area contributed by atoms with Crippen LogP contribution in [0.2, 0.25) is 0 Å². The highest BCUT2D eigenvalue weighted by Crippen LogP contribution is 2.38. The van der Waals surface area contributed by atoms with Gasteiger partial charge in [0.1, 0.15) is 0 Å². The lowest BCUT2D eigenvalue weighted by molar-refractivity contribution is -0.567. The largest absolute Gasteiger partial charge is 1.00 e. The number of aromatic nitrogens is 1. The van der Waals surface area contributed by atoms with Crippen molar-refractivity contribution < 1.29 is 28.5 Å². The molecular formula is C40H32ClIN2. The Morgan fingerprint density at radius 2 is 1.43 bits per heavy atom. The summed E-state index contributed by atoms with van der Waals surface area (Å²) in [6.07, 6.45) is 18.4. The highest BCUT2D eigenvalue weighted by molar-refractivity contribution is 6.32. The second-order valence-corrected chi connectivity index (χ2v) is 11.3. The molecule has 2 aliphatic rings. The maximum atomic E-state index is 7.06. The zero-order valence-electron chi connectivity index (χ0n) is 24.3. The number of nitrogens with zero attached hydrogens (tertiary/aromatic N) is 2. The second kappa shape index (κ2) is 13.6. The van der Waals surface area contributed by atoms with Gasteiger partial charge in [0.15, 0.2) is 6.20 Å². The highest BCUT2D eigenvalue weighted by Gasteiger charge is 2.18. The molecule has 2 heterocycles. The number of hydrogen-bond acceptors (Lipinski definition) is 1. The van der Waals surface area contributed by atoms with Crippen molar-refractivity contribution >= 4 is 45.5 Å². The molecule has 5 aromatic rings. The van der Waals surface area contributed by atoms with E-state index in [2.05, 4.69) is 155 Å². The molecular weight excluding hydrogens is 671 g/mol. The van der Waals surface area contributed by atoms with E-state index in [-0.39, 0.29) is 24.0 Å². The highest BCUT2D eigenvalue weighted by atomic mass is 127. The van der Waals surface area contributed by atoms with Gasteiger partial charge in [0.25, 0.3) is 0 Å². The fraction of sp³-hybridized carbons (Fsp3) is 0.0750. The smallest absolute Gasteiger partial charge is 0.219 e. The van der Waals surface area contributed by atoms with Gasteiger partial charge in [-0.3, -0.25) is 0 Å². The van der Waals surface area contributed by atoms with E-state index in [9.17, 15) is 0 Å². The summed E-state index contributed by atoms with van der Waals surface area (Å²) in [6.45, 7) is 0. The molecule has 0 N–H and O–H groups in total. The molecule has 0 fully saturated rings. The molecule has 0 saturated heterocycles. The van der Waals surface area contributed by atoms with E-state index in [1.165, 1.54) is 44.4 Å². The van der Waals surface area contributed by atoms with Gasteiger partial charge in [-0.05, 0) is 71.9 Å². The molecule has 0 atom stereocenters. The summed E-state index contributed by atoms with van der Waals surface area (Å²) in [5, 5.41) is 2.09. The molecule has 0 amide bonds. The van der Waals surface area contributed by atoms with Gasteiger partial charge < -0.3 is 28.9 Å². The number of benzene rings is 4. The van der Waals surface area contributed by atoms with Gasteiger partial charge in [-0.1, -0.05) is 103 Å². The molecule has 7 rings (SSSR count). The summed E-state index contributed by atoms with van der Waals surface area (Å²) in [4.78, 5) is 2.24. The molecule has 4 heteroatoms. The quantitative estimate of drug-likeness (QED) is 0.136. The van der Waals surface area contributed by atoms with Gasteiger partial charge in [0, 0.05) is 46.7 Å². The zero-order chi connectivity index (χ0) is 29.0. The first-order valence-corrected chi connectivity index (χ1v) is 15.2. The molecule has 216 valence electrons. The molecule has 4 aromatic carbocycles. The number of allylic oxidation sites excluding steroid dienone is 8. The van der Waals surface area contributed by atoms with Crippen LogP contribution in [0.3, 0.4) is 0 Å². The zero-order valence-corrected chi connectivity index (χ0v) is 27.2. The lowest BCUT2D eigenvalue weighted by Crippen LogP contribution is -3.00. The Morgan fingerprint density at radius 3 is 2.27 bits per heavy atom. The Bertz CT molecular complexity index is 1950. The van der Waals surface area contributed by atoms with E-state index in [0.29, 0.717) is 0 Å². The van der Waals surface area contributed by atoms with Crippen molar-refractivity contribution in [1.82, 2.24) is 0 Å². The number of fused-ring (bicyclic) bond motifs is 2. The first-order valence-electron chi connectivity index (χ1n) is 14.8. The van der Waals surface area contributed by atoms with Gasteiger partial charge in [0.05, 0.1) is 11.1 Å². The minimum atomic E-state index is 0. The maximum absolute atomic E-state index is 7.06. The van der Waals surface area contributed by atoms with Gasteiger partial charge in [-0.15, -0.1) is 0 Å². The van der Waals surface area contributed by atoms with Crippen LogP contribution in [-0.2, 0) is 0 Å². The summed E-state index contributed by atoms with van der Waals surface area (Å²) in [7, 11) is 0. The minimum absolute atomic E-state index is 0. The van der Waals surface area contributed by atoms with Crippen LogP contribution in [0.1, 0.15) is 30.4 Å². The van der Waals surface area contributed by atoms with Crippen LogP contribution in [0.5, 0.6) is 0 Å². The minimum Gasteiger partial charge on any atom is -1.00 e. The third-order valence-electron chi connectivity index (χ3n) is 8.21. The van der Waals surface area contributed by atoms with Crippen LogP contribution in [0, 0.1) is 0 Å². The van der Waals surface area contributed by atoms with E-state index >= 15 is 0 Å². The van der Waals surface area contributed by atoms with Gasteiger partial charge >= 0.3 is 0 Å². The van der Waals surface area contributed by atoms with Crippen LogP contribution in [-0.4, -0.2) is 0 Å². The van der Waals surface area contributed by atoms with Crippen LogP contribution in [0.4, 0.5) is 11.4 Å². The number of para-hydroxylation sites is 4. The molecule has 0 saturated carbocycles. The summed E-state index contributed by atoms with van der Waals surface area (Å²) in [5.41, 5.74) is 10.6. The average Bonchev–Trinajstić information content (AvgIpc) is 3.08. The third kappa shape index (κ3) is 6.08. The summed E-state index contributed by atoms with van der Waals surface area (Å²) < 4.78 is 2.24. The topological polar surface area (TPSA) is 7.12 Å². The monoisotopic (exact) mass is 702 g/mol. The predicted molar refractivity (Wildman–Crippen MR) is 181 cm³/mol. The van der Waals surface area contributed by atoms with Crippen molar-refractivity contribution in [2.24, 2.45) is 0 Å². The molecule has 0 bridgehead atoms. The van der Waals surface area contributed by atoms with Crippen molar-refractivity contribution in [2.45, 2.75) is 19.3 Å². The van der Waals surface area contributed by atoms with Crippen LogP contribution >= 0.6 is 11.6 Å². The summed E-state index contributed by atoms with van der Waals surface area (Å²) in [6, 6.07) is 40.3. The molecule has 1 aromatic heterocycles. The Labute approximate surface area is 281 Å². The van der Waals surface area contributed by atoms with Crippen molar-refractivity contribution in [3.63, 3.8) is 0 Å². The Kier molecular flexibility index (Phi) is 9.25. The van der Waals surface area contributed by atoms with Crippen LogP contribution in [0.25, 0.3) is 28.2 Å². The van der Waals surface area contributed by atoms with Crippen LogP contribution < -0.4 is 33.4 Å². The number of hydrogen-bond donors (Lipinski definition) is 0. The standard InChI is InChI=1S/C40H32ClN2.HI/c41-40-32(24-22-30-26-28-42(34-14-3-1-4-15-34)38-20-9-7-18-36(30)38)12-11-13-33(40)25-23-31-27-29-43(35-16-5-2-6-17-35)39-21-10-8-19-37(31)39;/h1-10,14-29H,11-13H2;1H/q+1;/p-1. The lowest BCUT2D eigenvalue weighted by atomic mass is 9.92. The predicted octanol–water partition coefficient (Wildman–Crippen LogP) is 7.49. The SMILES string of the molecule is ClC1=C(/C=C/c2cc[n+](-c3ccccc3)c3ccccc23)CCC/C1=C\C=C1/C=CN(c2ccccc2)c2ccccc21.[I-]. The van der Waals surface area contributed by atoms with E-state index in [4.69, 9.17) is 11.6 Å². The first kappa shape index (κ1) is 29.9. The molecule has 0 spiro atoms. The van der Waals surface area contributed by atoms with Crippen molar-refractivity contribution in [2.75, 3.05) is 4.90 Å². The number of pyridine rings is 1. The van der Waals surface area contributed by atoms with Crippen molar-refractivity contribution in [3.05, 3.63) is 179 Å². The molecule has 0 unspecified atom stereocenters. The molecule has 1 aliphatic carbocycles. The maximum Gasteiger partial charge on any atom is 0.219 e. The summed E-state index contributed by atoms with van der Waals surface area (Å²) in [5.74, 6) is 0. The van der Waals surface area contributed by atoms with E-state index < -0.39 is 0 Å². The average molecular weight is 703 g/mol. The first-order chi connectivity index (χ1) is 21.3. The second-order valence-electron chi connectivity index (χ2n) is 10.9. The number of rotatable bonds is 5. The van der Waals surface area contributed by atoms with E-state index in [1.54, 1.807) is 0 Å².